The Balaban J connectivity index is 2.75. The van der Waals surface area contributed by atoms with E-state index in [-0.39, 0.29) is 0 Å². The highest BCUT2D eigenvalue weighted by molar-refractivity contribution is 5.33. The highest BCUT2D eigenvalue weighted by Gasteiger charge is 2.14. The lowest BCUT2D eigenvalue weighted by molar-refractivity contribution is 0.183. The fraction of sp³-hybridized carbons (Fsp3) is 0.667. The summed E-state index contributed by atoms with van der Waals surface area (Å²) in [6.45, 7) is 11.5. The van der Waals surface area contributed by atoms with Crippen LogP contribution < -0.4 is 5.32 Å². The van der Waals surface area contributed by atoms with Crippen LogP contribution in [0, 0.1) is 20.8 Å². The Bertz CT molecular complexity index is 367. The molecule has 1 N–H and O–H groups in total. The third-order valence-corrected chi connectivity index (χ3v) is 3.31. The van der Waals surface area contributed by atoms with Crippen molar-refractivity contribution < 1.29 is 4.74 Å². The first kappa shape index (κ1) is 15.1. The molecule has 0 amide bonds. The minimum atomic E-state index is 0.324. The van der Waals surface area contributed by atoms with Crippen LogP contribution in [-0.2, 0) is 4.74 Å². The topological polar surface area (TPSA) is 34.1 Å². The molecule has 2 atom stereocenters. The summed E-state index contributed by atoms with van der Waals surface area (Å²) >= 11 is 0. The second-order valence-electron chi connectivity index (χ2n) is 5.15. The van der Waals surface area contributed by atoms with E-state index in [0.29, 0.717) is 12.1 Å². The van der Waals surface area contributed by atoms with Crippen LogP contribution in [0.3, 0.4) is 0 Å². The molecular weight excluding hydrogens is 224 g/mol. The van der Waals surface area contributed by atoms with Crippen LogP contribution in [0.15, 0.2) is 6.07 Å². The zero-order chi connectivity index (χ0) is 13.7. The summed E-state index contributed by atoms with van der Waals surface area (Å²) in [4.78, 5) is 4.56. The molecule has 1 rings (SSSR count). The van der Waals surface area contributed by atoms with E-state index in [2.05, 4.69) is 44.1 Å². The maximum Gasteiger partial charge on any atom is 0.0476 e. The van der Waals surface area contributed by atoms with Gasteiger partial charge in [-0.2, -0.15) is 0 Å². The first-order chi connectivity index (χ1) is 8.45. The van der Waals surface area contributed by atoms with Crippen LogP contribution in [0.4, 0.5) is 0 Å². The number of hydrogen-bond acceptors (Lipinski definition) is 3. The summed E-state index contributed by atoms with van der Waals surface area (Å²) in [5.41, 5.74) is 4.86. The molecule has 18 heavy (non-hydrogen) atoms. The quantitative estimate of drug-likeness (QED) is 0.842. The van der Waals surface area contributed by atoms with Crippen molar-refractivity contribution in [2.24, 2.45) is 0 Å². The Morgan fingerprint density at radius 1 is 1.28 bits per heavy atom. The van der Waals surface area contributed by atoms with E-state index in [1.54, 1.807) is 7.11 Å². The second-order valence-corrected chi connectivity index (χ2v) is 5.15. The van der Waals surface area contributed by atoms with Gasteiger partial charge in [-0.05, 0) is 58.2 Å². The molecular formula is C15H26N2O. The number of methoxy groups -OCH3 is 1. The average Bonchev–Trinajstić information content (AvgIpc) is 2.24. The number of nitrogens with zero attached hydrogens (tertiary/aromatic N) is 1. The van der Waals surface area contributed by atoms with E-state index < -0.39 is 0 Å². The van der Waals surface area contributed by atoms with Crippen LogP contribution in [0.2, 0.25) is 0 Å². The summed E-state index contributed by atoms with van der Waals surface area (Å²) in [5, 5.41) is 3.61. The number of hydrogen-bond donors (Lipinski definition) is 1. The normalized spacial score (nSPS) is 14.6. The van der Waals surface area contributed by atoms with Crippen molar-refractivity contribution in [1.82, 2.24) is 10.3 Å². The Labute approximate surface area is 111 Å². The van der Waals surface area contributed by atoms with Gasteiger partial charge < -0.3 is 10.1 Å². The van der Waals surface area contributed by atoms with Crippen molar-refractivity contribution in [2.75, 3.05) is 13.7 Å². The Morgan fingerprint density at radius 2 is 1.94 bits per heavy atom. The molecule has 1 heterocycles. The van der Waals surface area contributed by atoms with Crippen LogP contribution in [0.5, 0.6) is 0 Å². The molecule has 1 aromatic rings. The zero-order valence-corrected chi connectivity index (χ0v) is 12.5. The predicted octanol–water partition coefficient (Wildman–Crippen LogP) is 3.08. The number of ether oxygens (including phenoxy) is 1. The van der Waals surface area contributed by atoms with E-state index in [9.17, 15) is 0 Å². The molecule has 3 heteroatoms. The molecule has 0 radical (unpaired) electrons. The van der Waals surface area contributed by atoms with Gasteiger partial charge in [0, 0.05) is 37.2 Å². The molecule has 102 valence electrons. The Morgan fingerprint density at radius 3 is 2.50 bits per heavy atom. The first-order valence-corrected chi connectivity index (χ1v) is 6.65. The summed E-state index contributed by atoms with van der Waals surface area (Å²) in [5.74, 6) is 0. The lowest BCUT2D eigenvalue weighted by atomic mass is 9.99. The minimum absolute atomic E-state index is 0.324. The van der Waals surface area contributed by atoms with Gasteiger partial charge in [-0.1, -0.05) is 0 Å². The lowest BCUT2D eigenvalue weighted by Gasteiger charge is -2.23. The summed E-state index contributed by atoms with van der Waals surface area (Å²) in [6, 6.07) is 2.92. The van der Waals surface area contributed by atoms with Gasteiger partial charge in [0.25, 0.3) is 0 Å². The van der Waals surface area contributed by atoms with Gasteiger partial charge >= 0.3 is 0 Å². The first-order valence-electron chi connectivity index (χ1n) is 6.65. The second kappa shape index (κ2) is 6.86. The molecule has 0 aliphatic heterocycles. The highest BCUT2D eigenvalue weighted by Crippen LogP contribution is 2.21. The number of pyridine rings is 1. The molecule has 0 fully saturated rings. The molecule has 2 unspecified atom stereocenters. The minimum Gasteiger partial charge on any atom is -0.385 e. The molecule has 0 aliphatic carbocycles. The molecule has 0 spiro atoms. The van der Waals surface area contributed by atoms with E-state index in [0.717, 1.165) is 24.4 Å². The van der Waals surface area contributed by atoms with E-state index in [1.807, 2.05) is 6.92 Å². The molecule has 0 aromatic carbocycles. The van der Waals surface area contributed by atoms with Gasteiger partial charge in [0.1, 0.15) is 0 Å². The summed E-state index contributed by atoms with van der Waals surface area (Å²) < 4.78 is 5.11. The van der Waals surface area contributed by atoms with Gasteiger partial charge in [0.05, 0.1) is 0 Å². The molecule has 0 saturated heterocycles. The van der Waals surface area contributed by atoms with Crippen molar-refractivity contribution >= 4 is 0 Å². The molecule has 3 nitrogen and oxygen atoms in total. The van der Waals surface area contributed by atoms with Crippen molar-refractivity contribution in [1.29, 1.82) is 0 Å². The fourth-order valence-corrected chi connectivity index (χ4v) is 2.58. The van der Waals surface area contributed by atoms with Gasteiger partial charge in [0.15, 0.2) is 0 Å². The molecule has 0 saturated carbocycles. The van der Waals surface area contributed by atoms with E-state index >= 15 is 0 Å². The van der Waals surface area contributed by atoms with Crippen molar-refractivity contribution in [3.63, 3.8) is 0 Å². The predicted molar refractivity (Wildman–Crippen MR) is 76.0 cm³/mol. The largest absolute Gasteiger partial charge is 0.385 e. The lowest BCUT2D eigenvalue weighted by Crippen LogP contribution is -2.31. The van der Waals surface area contributed by atoms with Gasteiger partial charge in [-0.3, -0.25) is 4.98 Å². The van der Waals surface area contributed by atoms with Crippen LogP contribution in [-0.4, -0.2) is 24.7 Å². The van der Waals surface area contributed by atoms with Crippen molar-refractivity contribution in [3.8, 4) is 0 Å². The average molecular weight is 250 g/mol. The third-order valence-electron chi connectivity index (χ3n) is 3.31. The smallest absolute Gasteiger partial charge is 0.0476 e. The van der Waals surface area contributed by atoms with E-state index in [1.165, 1.54) is 11.1 Å². The van der Waals surface area contributed by atoms with Crippen LogP contribution in [0.25, 0.3) is 0 Å². The van der Waals surface area contributed by atoms with Crippen LogP contribution >= 0.6 is 0 Å². The monoisotopic (exact) mass is 250 g/mol. The third kappa shape index (κ3) is 4.07. The molecule has 1 aromatic heterocycles. The number of nitrogens with one attached hydrogen (secondary N) is 1. The van der Waals surface area contributed by atoms with E-state index in [4.69, 9.17) is 4.74 Å². The summed E-state index contributed by atoms with van der Waals surface area (Å²) in [7, 11) is 1.74. The Kier molecular flexibility index (Phi) is 5.76. The molecule has 0 bridgehead atoms. The maximum atomic E-state index is 5.11. The number of aromatic nitrogens is 1. The fourth-order valence-electron chi connectivity index (χ4n) is 2.58. The van der Waals surface area contributed by atoms with Gasteiger partial charge in [-0.25, -0.2) is 0 Å². The number of rotatable bonds is 6. The van der Waals surface area contributed by atoms with Gasteiger partial charge in [0.2, 0.25) is 0 Å². The van der Waals surface area contributed by atoms with Crippen molar-refractivity contribution in [3.05, 3.63) is 28.6 Å². The maximum absolute atomic E-state index is 5.11. The highest BCUT2D eigenvalue weighted by atomic mass is 16.5. The molecule has 0 aliphatic rings. The summed E-state index contributed by atoms with van der Waals surface area (Å²) in [6.07, 6.45) is 1.03. The van der Waals surface area contributed by atoms with Crippen LogP contribution in [0.1, 0.15) is 48.8 Å². The number of aryl methyl sites for hydroxylation is 3. The standard InChI is InChI=1S/C15H26N2O/c1-10-9-12(3)17-14(5)15(10)13(4)16-11(2)7-8-18-6/h9,11,13,16H,7-8H2,1-6H3. The van der Waals surface area contributed by atoms with Gasteiger partial charge in [-0.15, -0.1) is 0 Å². The SMILES string of the molecule is COCCC(C)NC(C)c1c(C)cc(C)nc1C. The zero-order valence-electron chi connectivity index (χ0n) is 12.5. The Hall–Kier alpha value is -0.930. The van der Waals surface area contributed by atoms with Crippen molar-refractivity contribution in [2.45, 2.75) is 53.1 Å².